The summed E-state index contributed by atoms with van der Waals surface area (Å²) in [4.78, 5) is 0. The number of hydrogen-bond donors (Lipinski definition) is 1. The van der Waals surface area contributed by atoms with Crippen LogP contribution in [0.15, 0.2) is 42.5 Å². The molecular formula is C15H11N3. The van der Waals surface area contributed by atoms with Crippen LogP contribution < -0.4 is 5.32 Å². The third kappa shape index (κ3) is 2.48. The first-order valence-corrected chi connectivity index (χ1v) is 5.51. The Hall–Kier alpha value is -2.78. The standard InChI is InChI=1S/C15H11N3/c1-11-7-15(6-5-13(11)10-17)18-14-4-2-3-12(8-14)9-16/h2-8,18H,1H3. The summed E-state index contributed by atoms with van der Waals surface area (Å²) in [7, 11) is 0. The highest BCUT2D eigenvalue weighted by Gasteiger charge is 2.00. The normalized spacial score (nSPS) is 9.28. The Morgan fingerprint density at radius 2 is 1.72 bits per heavy atom. The monoisotopic (exact) mass is 233 g/mol. The first-order valence-electron chi connectivity index (χ1n) is 5.51. The third-order valence-electron chi connectivity index (χ3n) is 2.63. The van der Waals surface area contributed by atoms with E-state index in [1.54, 1.807) is 18.2 Å². The molecule has 2 rings (SSSR count). The van der Waals surface area contributed by atoms with Gasteiger partial charge in [-0.05, 0) is 48.9 Å². The molecule has 3 nitrogen and oxygen atoms in total. The predicted molar refractivity (Wildman–Crippen MR) is 70.3 cm³/mol. The van der Waals surface area contributed by atoms with Crippen LogP contribution in [0.5, 0.6) is 0 Å². The Morgan fingerprint density at radius 1 is 0.944 bits per heavy atom. The lowest BCUT2D eigenvalue weighted by molar-refractivity contribution is 1.38. The van der Waals surface area contributed by atoms with E-state index in [1.807, 2.05) is 31.2 Å². The molecule has 0 bridgehead atoms. The molecule has 0 fully saturated rings. The van der Waals surface area contributed by atoms with Crippen LogP contribution in [-0.4, -0.2) is 0 Å². The van der Waals surface area contributed by atoms with Crippen LogP contribution in [0.3, 0.4) is 0 Å². The van der Waals surface area contributed by atoms with Crippen molar-refractivity contribution in [3.63, 3.8) is 0 Å². The summed E-state index contributed by atoms with van der Waals surface area (Å²) in [5.41, 5.74) is 3.98. The summed E-state index contributed by atoms with van der Waals surface area (Å²) in [5.74, 6) is 0. The molecule has 0 aromatic heterocycles. The topological polar surface area (TPSA) is 59.6 Å². The maximum atomic E-state index is 8.86. The number of benzene rings is 2. The smallest absolute Gasteiger partial charge is 0.0994 e. The summed E-state index contributed by atoms with van der Waals surface area (Å²) in [6.45, 7) is 1.90. The van der Waals surface area contributed by atoms with Gasteiger partial charge in [-0.25, -0.2) is 0 Å². The Balaban J connectivity index is 2.27. The van der Waals surface area contributed by atoms with Gasteiger partial charge in [-0.2, -0.15) is 10.5 Å². The van der Waals surface area contributed by atoms with E-state index in [1.165, 1.54) is 0 Å². The summed E-state index contributed by atoms with van der Waals surface area (Å²) in [6, 6.07) is 17.1. The lowest BCUT2D eigenvalue weighted by Crippen LogP contribution is -1.92. The van der Waals surface area contributed by atoms with Crippen molar-refractivity contribution >= 4 is 11.4 Å². The van der Waals surface area contributed by atoms with E-state index in [4.69, 9.17) is 10.5 Å². The molecule has 0 aliphatic heterocycles. The largest absolute Gasteiger partial charge is 0.355 e. The van der Waals surface area contributed by atoms with Gasteiger partial charge in [0.25, 0.3) is 0 Å². The number of anilines is 2. The molecule has 0 spiro atoms. The predicted octanol–water partition coefficient (Wildman–Crippen LogP) is 3.48. The van der Waals surface area contributed by atoms with Crippen molar-refractivity contribution in [2.24, 2.45) is 0 Å². The van der Waals surface area contributed by atoms with Crippen molar-refractivity contribution in [1.82, 2.24) is 0 Å². The Labute approximate surface area is 106 Å². The minimum absolute atomic E-state index is 0.616. The van der Waals surface area contributed by atoms with Crippen molar-refractivity contribution < 1.29 is 0 Å². The van der Waals surface area contributed by atoms with Gasteiger partial charge in [-0.3, -0.25) is 0 Å². The molecule has 0 saturated carbocycles. The molecule has 0 atom stereocenters. The van der Waals surface area contributed by atoms with Gasteiger partial charge in [-0.15, -0.1) is 0 Å². The molecule has 0 aliphatic carbocycles. The van der Waals surface area contributed by atoms with Gasteiger partial charge >= 0.3 is 0 Å². The van der Waals surface area contributed by atoms with Crippen molar-refractivity contribution in [2.45, 2.75) is 6.92 Å². The summed E-state index contributed by atoms with van der Waals surface area (Å²) in [5, 5.41) is 20.9. The van der Waals surface area contributed by atoms with Gasteiger partial charge in [0, 0.05) is 11.4 Å². The second-order valence-corrected chi connectivity index (χ2v) is 3.96. The van der Waals surface area contributed by atoms with Gasteiger partial charge in [-0.1, -0.05) is 6.07 Å². The fourth-order valence-electron chi connectivity index (χ4n) is 1.70. The van der Waals surface area contributed by atoms with Crippen LogP contribution in [0, 0.1) is 29.6 Å². The first kappa shape index (κ1) is 11.7. The van der Waals surface area contributed by atoms with Crippen LogP contribution in [0.2, 0.25) is 0 Å². The SMILES string of the molecule is Cc1cc(Nc2cccc(C#N)c2)ccc1C#N. The molecule has 3 heteroatoms. The minimum atomic E-state index is 0.616. The lowest BCUT2D eigenvalue weighted by atomic mass is 10.1. The Kier molecular flexibility index (Phi) is 3.27. The fraction of sp³-hybridized carbons (Fsp3) is 0.0667. The second kappa shape index (κ2) is 5.03. The van der Waals surface area contributed by atoms with Crippen molar-refractivity contribution in [2.75, 3.05) is 5.32 Å². The van der Waals surface area contributed by atoms with Gasteiger partial charge in [0.05, 0.1) is 23.3 Å². The van der Waals surface area contributed by atoms with E-state index >= 15 is 0 Å². The summed E-state index contributed by atoms with van der Waals surface area (Å²) >= 11 is 0. The average molecular weight is 233 g/mol. The van der Waals surface area contributed by atoms with E-state index in [-0.39, 0.29) is 0 Å². The average Bonchev–Trinajstić information content (AvgIpc) is 2.39. The number of rotatable bonds is 2. The van der Waals surface area contributed by atoms with E-state index in [0.29, 0.717) is 11.1 Å². The summed E-state index contributed by atoms with van der Waals surface area (Å²) in [6.07, 6.45) is 0. The van der Waals surface area contributed by atoms with Crippen LogP contribution in [0.1, 0.15) is 16.7 Å². The molecular weight excluding hydrogens is 222 g/mol. The van der Waals surface area contributed by atoms with E-state index in [0.717, 1.165) is 16.9 Å². The number of nitriles is 2. The van der Waals surface area contributed by atoms with Crippen molar-refractivity contribution in [3.8, 4) is 12.1 Å². The molecule has 0 heterocycles. The van der Waals surface area contributed by atoms with Gasteiger partial charge in [0.15, 0.2) is 0 Å². The van der Waals surface area contributed by atoms with Gasteiger partial charge < -0.3 is 5.32 Å². The van der Waals surface area contributed by atoms with Gasteiger partial charge in [0.2, 0.25) is 0 Å². The fourth-order valence-corrected chi connectivity index (χ4v) is 1.70. The van der Waals surface area contributed by atoms with E-state index in [2.05, 4.69) is 17.5 Å². The molecule has 0 unspecified atom stereocenters. The van der Waals surface area contributed by atoms with Crippen LogP contribution in [-0.2, 0) is 0 Å². The molecule has 1 N–H and O–H groups in total. The quantitative estimate of drug-likeness (QED) is 0.863. The van der Waals surface area contributed by atoms with Crippen molar-refractivity contribution in [1.29, 1.82) is 10.5 Å². The van der Waals surface area contributed by atoms with Crippen molar-refractivity contribution in [3.05, 3.63) is 59.2 Å². The molecule has 18 heavy (non-hydrogen) atoms. The molecule has 2 aromatic rings. The zero-order valence-corrected chi connectivity index (χ0v) is 9.94. The molecule has 0 aliphatic rings. The van der Waals surface area contributed by atoms with E-state index in [9.17, 15) is 0 Å². The molecule has 0 radical (unpaired) electrons. The molecule has 2 aromatic carbocycles. The highest BCUT2D eigenvalue weighted by Crippen LogP contribution is 2.20. The number of aryl methyl sites for hydroxylation is 1. The number of hydrogen-bond acceptors (Lipinski definition) is 3. The molecule has 0 amide bonds. The highest BCUT2D eigenvalue weighted by molar-refractivity contribution is 5.63. The highest BCUT2D eigenvalue weighted by atomic mass is 14.9. The van der Waals surface area contributed by atoms with Gasteiger partial charge in [0.1, 0.15) is 0 Å². The molecule has 0 saturated heterocycles. The zero-order valence-electron chi connectivity index (χ0n) is 9.94. The Bertz CT molecular complexity index is 660. The summed E-state index contributed by atoms with van der Waals surface area (Å²) < 4.78 is 0. The van der Waals surface area contributed by atoms with Crippen LogP contribution in [0.25, 0.3) is 0 Å². The molecule has 86 valence electrons. The third-order valence-corrected chi connectivity index (χ3v) is 2.63. The number of nitrogens with one attached hydrogen (secondary N) is 1. The maximum Gasteiger partial charge on any atom is 0.0994 e. The second-order valence-electron chi connectivity index (χ2n) is 3.96. The maximum absolute atomic E-state index is 8.86. The zero-order chi connectivity index (χ0) is 13.0. The van der Waals surface area contributed by atoms with E-state index < -0.39 is 0 Å². The van der Waals surface area contributed by atoms with Crippen LogP contribution >= 0.6 is 0 Å². The number of nitrogens with zero attached hydrogens (tertiary/aromatic N) is 2. The van der Waals surface area contributed by atoms with Crippen LogP contribution in [0.4, 0.5) is 11.4 Å². The first-order chi connectivity index (χ1) is 8.72. The Morgan fingerprint density at radius 3 is 2.39 bits per heavy atom. The minimum Gasteiger partial charge on any atom is -0.355 e. The lowest BCUT2D eigenvalue weighted by Gasteiger charge is -2.08.